The van der Waals surface area contributed by atoms with Gasteiger partial charge in [-0.15, -0.1) is 17.8 Å². The third-order valence-corrected chi connectivity index (χ3v) is 4.68. The van der Waals surface area contributed by atoms with Crippen LogP contribution in [0.1, 0.15) is 11.1 Å². The minimum absolute atomic E-state index is 0.0354. The minimum Gasteiger partial charge on any atom is -0.298 e. The maximum absolute atomic E-state index is 12.6. The number of hydrogen-bond donors (Lipinski definition) is 1. The van der Waals surface area contributed by atoms with Crippen molar-refractivity contribution in [3.8, 4) is 23.5 Å². The van der Waals surface area contributed by atoms with Gasteiger partial charge >= 0.3 is 5.69 Å². The Balaban J connectivity index is 2.34. The number of rotatable bonds is 2. The number of aryl methyl sites for hydroxylation is 2. The second-order valence-corrected chi connectivity index (χ2v) is 6.06. The number of H-pyrrole nitrogens is 1. The number of aromatic nitrogens is 2. The highest BCUT2D eigenvalue weighted by molar-refractivity contribution is 7.17. The van der Waals surface area contributed by atoms with E-state index < -0.39 is 5.69 Å². The fourth-order valence-electron chi connectivity index (χ4n) is 2.41. The zero-order chi connectivity index (χ0) is 15.9. The second-order valence-electron chi connectivity index (χ2n) is 5.18. The predicted molar refractivity (Wildman–Crippen MR) is 90.4 cm³/mol. The molecular formula is C17H14N2O2S. The number of nitrogens with one attached hydrogen (secondary N) is 1. The molecule has 0 atom stereocenters. The molecule has 110 valence electrons. The van der Waals surface area contributed by atoms with Gasteiger partial charge in [0.25, 0.3) is 5.56 Å². The largest absolute Gasteiger partial charge is 0.330 e. The van der Waals surface area contributed by atoms with Crippen LogP contribution in [0.2, 0.25) is 0 Å². The average molecular weight is 310 g/mol. The predicted octanol–water partition coefficient (Wildman–Crippen LogP) is 2.67. The maximum Gasteiger partial charge on any atom is 0.330 e. The molecule has 0 bridgehead atoms. The zero-order valence-electron chi connectivity index (χ0n) is 12.3. The first kappa shape index (κ1) is 14.4. The molecular weight excluding hydrogens is 296 g/mol. The first-order chi connectivity index (χ1) is 10.5. The molecule has 0 unspecified atom stereocenters. The van der Waals surface area contributed by atoms with Crippen LogP contribution in [0.5, 0.6) is 0 Å². The smallest absolute Gasteiger partial charge is 0.298 e. The summed E-state index contributed by atoms with van der Waals surface area (Å²) in [5.74, 6) is 2.34. The van der Waals surface area contributed by atoms with E-state index in [4.69, 9.17) is 6.42 Å². The van der Waals surface area contributed by atoms with Gasteiger partial charge in [-0.2, -0.15) is 0 Å². The first-order valence-electron chi connectivity index (χ1n) is 6.78. The second kappa shape index (κ2) is 5.32. The van der Waals surface area contributed by atoms with E-state index in [0.29, 0.717) is 10.2 Å². The molecule has 2 aromatic heterocycles. The van der Waals surface area contributed by atoms with Crippen molar-refractivity contribution in [2.24, 2.45) is 0 Å². The average Bonchev–Trinajstić information content (AvgIpc) is 2.90. The number of terminal acetylenes is 1. The van der Waals surface area contributed by atoms with Crippen molar-refractivity contribution in [1.29, 1.82) is 0 Å². The van der Waals surface area contributed by atoms with E-state index in [1.807, 2.05) is 37.4 Å². The molecule has 5 heteroatoms. The van der Waals surface area contributed by atoms with Gasteiger partial charge in [-0.25, -0.2) is 9.36 Å². The van der Waals surface area contributed by atoms with Gasteiger partial charge in [-0.05, 0) is 30.5 Å². The third-order valence-electron chi connectivity index (χ3n) is 3.78. The zero-order valence-corrected chi connectivity index (χ0v) is 13.1. The molecule has 1 aromatic carbocycles. The van der Waals surface area contributed by atoms with E-state index >= 15 is 0 Å². The molecule has 0 fully saturated rings. The Hall–Kier alpha value is -2.58. The Morgan fingerprint density at radius 1 is 1.27 bits per heavy atom. The van der Waals surface area contributed by atoms with Crippen molar-refractivity contribution in [3.63, 3.8) is 0 Å². The fourth-order valence-corrected chi connectivity index (χ4v) is 3.36. The quantitative estimate of drug-likeness (QED) is 0.740. The SMILES string of the molecule is C#CCn1c(=O)[nH]c2scc(-c3ccc(C)c(C)c3)c2c1=O. The lowest BCUT2D eigenvalue weighted by molar-refractivity contribution is 0.743. The van der Waals surface area contributed by atoms with Crippen LogP contribution in [-0.2, 0) is 6.54 Å². The lowest BCUT2D eigenvalue weighted by Crippen LogP contribution is -2.34. The molecule has 0 aliphatic heterocycles. The van der Waals surface area contributed by atoms with E-state index in [0.717, 1.165) is 21.3 Å². The Morgan fingerprint density at radius 3 is 2.73 bits per heavy atom. The summed E-state index contributed by atoms with van der Waals surface area (Å²) in [5.41, 5.74) is 3.34. The van der Waals surface area contributed by atoms with Gasteiger partial charge < -0.3 is 0 Å². The van der Waals surface area contributed by atoms with E-state index in [1.54, 1.807) is 0 Å². The van der Waals surface area contributed by atoms with Crippen LogP contribution in [0, 0.1) is 26.2 Å². The Labute approximate surface area is 131 Å². The Bertz CT molecular complexity index is 1030. The van der Waals surface area contributed by atoms with E-state index in [-0.39, 0.29) is 12.1 Å². The first-order valence-corrected chi connectivity index (χ1v) is 7.66. The Kier molecular flexibility index (Phi) is 3.47. The van der Waals surface area contributed by atoms with Crippen molar-refractivity contribution in [1.82, 2.24) is 9.55 Å². The molecule has 4 nitrogen and oxygen atoms in total. The summed E-state index contributed by atoms with van der Waals surface area (Å²) < 4.78 is 1.06. The topological polar surface area (TPSA) is 54.9 Å². The van der Waals surface area contributed by atoms with Crippen molar-refractivity contribution in [2.45, 2.75) is 20.4 Å². The van der Waals surface area contributed by atoms with Crippen molar-refractivity contribution >= 4 is 21.6 Å². The lowest BCUT2D eigenvalue weighted by Gasteiger charge is -2.05. The van der Waals surface area contributed by atoms with Crippen LogP contribution < -0.4 is 11.2 Å². The molecule has 3 aromatic rings. The molecule has 2 heterocycles. The third kappa shape index (κ3) is 2.18. The molecule has 0 spiro atoms. The number of nitrogens with zero attached hydrogens (tertiary/aromatic N) is 1. The number of benzene rings is 1. The highest BCUT2D eigenvalue weighted by Crippen LogP contribution is 2.31. The highest BCUT2D eigenvalue weighted by Gasteiger charge is 2.14. The van der Waals surface area contributed by atoms with Crippen molar-refractivity contribution < 1.29 is 0 Å². The number of fused-ring (bicyclic) bond motifs is 1. The molecule has 0 saturated heterocycles. The summed E-state index contributed by atoms with van der Waals surface area (Å²) >= 11 is 1.35. The van der Waals surface area contributed by atoms with Crippen LogP contribution in [0.25, 0.3) is 21.3 Å². The molecule has 0 aliphatic carbocycles. The van der Waals surface area contributed by atoms with Gasteiger partial charge in [0.05, 0.1) is 11.9 Å². The molecule has 1 N–H and O–H groups in total. The molecule has 0 amide bonds. The van der Waals surface area contributed by atoms with E-state index in [2.05, 4.69) is 10.9 Å². The molecule has 22 heavy (non-hydrogen) atoms. The van der Waals surface area contributed by atoms with Gasteiger partial charge in [0.2, 0.25) is 0 Å². The fraction of sp³-hybridized carbons (Fsp3) is 0.176. The van der Waals surface area contributed by atoms with Crippen LogP contribution in [0.15, 0.2) is 33.2 Å². The van der Waals surface area contributed by atoms with Crippen LogP contribution in [0.3, 0.4) is 0 Å². The maximum atomic E-state index is 12.6. The summed E-state index contributed by atoms with van der Waals surface area (Å²) in [4.78, 5) is 27.8. The molecule has 0 radical (unpaired) electrons. The van der Waals surface area contributed by atoms with Gasteiger partial charge in [0.15, 0.2) is 0 Å². The van der Waals surface area contributed by atoms with Gasteiger partial charge in [-0.3, -0.25) is 9.78 Å². The van der Waals surface area contributed by atoms with Gasteiger partial charge in [0, 0.05) is 10.9 Å². The minimum atomic E-state index is -0.469. The summed E-state index contributed by atoms with van der Waals surface area (Å²) in [7, 11) is 0. The van der Waals surface area contributed by atoms with E-state index in [9.17, 15) is 9.59 Å². The summed E-state index contributed by atoms with van der Waals surface area (Å²) in [5, 5.41) is 2.41. The summed E-state index contributed by atoms with van der Waals surface area (Å²) in [6, 6.07) is 6.06. The molecule has 0 aliphatic rings. The normalized spacial score (nSPS) is 10.8. The van der Waals surface area contributed by atoms with Gasteiger partial charge in [-0.1, -0.05) is 24.1 Å². The van der Waals surface area contributed by atoms with Crippen molar-refractivity contribution in [2.75, 3.05) is 0 Å². The van der Waals surface area contributed by atoms with Gasteiger partial charge in [0.1, 0.15) is 4.83 Å². The lowest BCUT2D eigenvalue weighted by atomic mass is 10.0. The summed E-state index contributed by atoms with van der Waals surface area (Å²) in [6.07, 6.45) is 5.24. The monoisotopic (exact) mass is 310 g/mol. The number of hydrogen-bond acceptors (Lipinski definition) is 3. The molecule has 3 rings (SSSR count). The standard InChI is InChI=1S/C17H14N2O2S/c1-4-7-19-16(20)14-13(9-22-15(14)18-17(19)21)12-6-5-10(2)11(3)8-12/h1,5-6,8-9H,7H2,2-3H3,(H,18,21). The van der Waals surface area contributed by atoms with E-state index in [1.165, 1.54) is 16.9 Å². The van der Waals surface area contributed by atoms with Crippen molar-refractivity contribution in [3.05, 3.63) is 55.5 Å². The van der Waals surface area contributed by atoms with Crippen LogP contribution >= 0.6 is 11.3 Å². The van der Waals surface area contributed by atoms with Crippen LogP contribution in [0.4, 0.5) is 0 Å². The molecule has 0 saturated carbocycles. The Morgan fingerprint density at radius 2 is 2.05 bits per heavy atom. The number of thiophene rings is 1. The number of aromatic amines is 1. The van der Waals surface area contributed by atoms with Crippen LogP contribution in [-0.4, -0.2) is 9.55 Å². The highest BCUT2D eigenvalue weighted by atomic mass is 32.1. The summed E-state index contributed by atoms with van der Waals surface area (Å²) in [6.45, 7) is 4.04.